The summed E-state index contributed by atoms with van der Waals surface area (Å²) in [5, 5.41) is 15.7. The van der Waals surface area contributed by atoms with Gasteiger partial charge in [-0.25, -0.2) is 0 Å². The van der Waals surface area contributed by atoms with E-state index in [4.69, 9.17) is 9.47 Å². The molecule has 0 aromatic heterocycles. The van der Waals surface area contributed by atoms with Gasteiger partial charge in [0.1, 0.15) is 18.1 Å². The lowest BCUT2D eigenvalue weighted by Crippen LogP contribution is -2.31. The zero-order chi connectivity index (χ0) is 30.2. The molecule has 0 radical (unpaired) electrons. The van der Waals surface area contributed by atoms with Crippen molar-refractivity contribution < 1.29 is 14.3 Å². The molecule has 222 valence electrons. The number of benzene rings is 3. The predicted octanol–water partition coefficient (Wildman–Crippen LogP) is 6.53. The largest absolute Gasteiger partial charge is 0.493 e. The summed E-state index contributed by atoms with van der Waals surface area (Å²) in [5.41, 5.74) is 7.75. The fourth-order valence-electron chi connectivity index (χ4n) is 6.14. The fourth-order valence-corrected chi connectivity index (χ4v) is 6.14. The number of allylic oxidation sites excluding steroid dienone is 3. The molecule has 43 heavy (non-hydrogen) atoms. The lowest BCUT2D eigenvalue weighted by atomic mass is 9.68. The number of fused-ring (bicyclic) bond motifs is 1. The van der Waals surface area contributed by atoms with Crippen molar-refractivity contribution in [2.45, 2.75) is 53.2 Å². The molecule has 0 saturated heterocycles. The van der Waals surface area contributed by atoms with E-state index in [0.29, 0.717) is 38.4 Å². The quantitative estimate of drug-likeness (QED) is 0.240. The maximum Gasteiger partial charge on any atom is 0.216 e. The Kier molecular flexibility index (Phi) is 9.64. The Labute approximate surface area is 255 Å². The molecule has 6 heteroatoms. The summed E-state index contributed by atoms with van der Waals surface area (Å²) < 4.78 is 13.2. The molecule has 0 fully saturated rings. The van der Waals surface area contributed by atoms with Gasteiger partial charge >= 0.3 is 0 Å². The molecule has 1 amide bonds. The number of carbonyl (C=O) groups is 1. The number of amides is 1. The van der Waals surface area contributed by atoms with Crippen molar-refractivity contribution >= 4 is 11.5 Å². The second kappa shape index (κ2) is 13.8. The van der Waals surface area contributed by atoms with Crippen molar-refractivity contribution in [3.8, 4) is 17.6 Å². The molecule has 0 saturated carbocycles. The van der Waals surface area contributed by atoms with Crippen LogP contribution in [0.15, 0.2) is 78.9 Å². The summed E-state index contributed by atoms with van der Waals surface area (Å²) in [4.78, 5) is 11.3. The van der Waals surface area contributed by atoms with E-state index in [1.54, 1.807) is 6.07 Å². The first-order valence-electron chi connectivity index (χ1n) is 15.2. The van der Waals surface area contributed by atoms with Gasteiger partial charge in [-0.2, -0.15) is 5.26 Å². The van der Waals surface area contributed by atoms with Crippen molar-refractivity contribution in [1.82, 2.24) is 10.6 Å². The average Bonchev–Trinajstić information content (AvgIpc) is 3.50. The van der Waals surface area contributed by atoms with Gasteiger partial charge in [0.05, 0.1) is 18.2 Å². The molecule has 1 atom stereocenters. The van der Waals surface area contributed by atoms with E-state index in [1.807, 2.05) is 18.2 Å². The Hall–Kier alpha value is -4.34. The van der Waals surface area contributed by atoms with Crippen molar-refractivity contribution in [3.05, 3.63) is 112 Å². The van der Waals surface area contributed by atoms with Gasteiger partial charge in [0.15, 0.2) is 0 Å². The summed E-state index contributed by atoms with van der Waals surface area (Å²) in [6, 6.07) is 22.4. The number of hydrogen-bond donors (Lipinski definition) is 2. The Balaban J connectivity index is 1.38. The number of nitrogens with zero attached hydrogens (tertiary/aromatic N) is 1. The van der Waals surface area contributed by atoms with E-state index in [2.05, 4.69) is 85.2 Å². The van der Waals surface area contributed by atoms with Gasteiger partial charge < -0.3 is 20.1 Å². The molecular weight excluding hydrogens is 534 g/mol. The number of hydrogen-bond acceptors (Lipinski definition) is 5. The zero-order valence-electron chi connectivity index (χ0n) is 25.4. The highest BCUT2D eigenvalue weighted by Crippen LogP contribution is 2.45. The summed E-state index contributed by atoms with van der Waals surface area (Å²) in [7, 11) is 0. The van der Waals surface area contributed by atoms with Crippen LogP contribution in [0.4, 0.5) is 0 Å². The Morgan fingerprint density at radius 2 is 1.81 bits per heavy atom. The van der Waals surface area contributed by atoms with Crippen molar-refractivity contribution in [2.24, 2.45) is 11.3 Å². The first-order chi connectivity index (χ1) is 20.9. The molecular formula is C37H41N3O3. The van der Waals surface area contributed by atoms with E-state index >= 15 is 0 Å². The molecule has 5 rings (SSSR count). The van der Waals surface area contributed by atoms with E-state index in [9.17, 15) is 10.1 Å². The van der Waals surface area contributed by atoms with E-state index in [1.165, 1.54) is 29.2 Å². The maximum absolute atomic E-state index is 11.3. The zero-order valence-corrected chi connectivity index (χ0v) is 25.4. The van der Waals surface area contributed by atoms with Crippen LogP contribution in [0.5, 0.6) is 11.5 Å². The molecule has 1 unspecified atom stereocenters. The van der Waals surface area contributed by atoms with Crippen molar-refractivity contribution in [3.63, 3.8) is 0 Å². The van der Waals surface area contributed by atoms with Gasteiger partial charge in [-0.3, -0.25) is 4.79 Å². The van der Waals surface area contributed by atoms with Gasteiger partial charge in [0.2, 0.25) is 5.91 Å². The minimum Gasteiger partial charge on any atom is -0.493 e. The smallest absolute Gasteiger partial charge is 0.216 e. The van der Waals surface area contributed by atoms with Crippen LogP contribution in [-0.4, -0.2) is 25.6 Å². The molecule has 3 aromatic rings. The highest BCUT2D eigenvalue weighted by molar-refractivity contribution is 5.73. The van der Waals surface area contributed by atoms with Crippen LogP contribution in [0.25, 0.3) is 5.57 Å². The van der Waals surface area contributed by atoms with Crippen LogP contribution in [0.1, 0.15) is 60.6 Å². The van der Waals surface area contributed by atoms with Gasteiger partial charge in [0, 0.05) is 44.1 Å². The van der Waals surface area contributed by atoms with Crippen LogP contribution < -0.4 is 20.1 Å². The summed E-state index contributed by atoms with van der Waals surface area (Å²) in [6.45, 7) is 8.92. The topological polar surface area (TPSA) is 83.4 Å². The number of nitrogens with one attached hydrogen (secondary N) is 2. The molecule has 2 aliphatic carbocycles. The first-order valence-corrected chi connectivity index (χ1v) is 15.2. The Morgan fingerprint density at radius 3 is 2.60 bits per heavy atom. The fraction of sp³-hybridized carbons (Fsp3) is 0.351. The second-order valence-electron chi connectivity index (χ2n) is 11.9. The molecule has 0 bridgehead atoms. The van der Waals surface area contributed by atoms with E-state index in [0.717, 1.165) is 41.9 Å². The molecule has 0 spiro atoms. The highest BCUT2D eigenvalue weighted by atomic mass is 16.5. The second-order valence-corrected chi connectivity index (χ2v) is 11.9. The predicted molar refractivity (Wildman–Crippen MR) is 171 cm³/mol. The standard InChI is InChI=1S/C37H41N3O3/c1-26(41)40-19-18-39-23-33-31-15-9-16-32(31)35(21-36(33)42-24-28-11-7-10-27(20-28)22-38)43-25-30-14-8-17-34(37(30,2)3)29-12-5-4-6-13-29/h4-8,10-14,17,20-21,30,39H,9,15-16,18-19,23-25H2,1-3H3,(H,40,41). The number of rotatable bonds is 12. The first kappa shape index (κ1) is 30.1. The van der Waals surface area contributed by atoms with Gasteiger partial charge in [-0.1, -0.05) is 74.5 Å². The van der Waals surface area contributed by atoms with Crippen LogP contribution in [0.3, 0.4) is 0 Å². The average molecular weight is 576 g/mol. The summed E-state index contributed by atoms with van der Waals surface area (Å²) in [5.74, 6) is 1.87. The minimum atomic E-state index is -0.0951. The maximum atomic E-state index is 11.3. The SMILES string of the molecule is CC(=O)NCCNCc1c(OCc2cccc(C#N)c2)cc(OCC2C=CC=C(c3ccccc3)C2(C)C)c2c1CCC2. The number of ether oxygens (including phenoxy) is 2. The lowest BCUT2D eigenvalue weighted by Gasteiger charge is -2.37. The highest BCUT2D eigenvalue weighted by Gasteiger charge is 2.35. The van der Waals surface area contributed by atoms with Crippen LogP contribution in [0, 0.1) is 22.7 Å². The van der Waals surface area contributed by atoms with Crippen LogP contribution >= 0.6 is 0 Å². The minimum absolute atomic E-state index is 0.0322. The molecule has 6 nitrogen and oxygen atoms in total. The molecule has 2 N–H and O–H groups in total. The Morgan fingerprint density at radius 1 is 1.00 bits per heavy atom. The van der Waals surface area contributed by atoms with Crippen molar-refractivity contribution in [1.29, 1.82) is 5.26 Å². The van der Waals surface area contributed by atoms with Crippen molar-refractivity contribution in [2.75, 3.05) is 19.7 Å². The van der Waals surface area contributed by atoms with Gasteiger partial charge in [0.25, 0.3) is 0 Å². The van der Waals surface area contributed by atoms with E-state index < -0.39 is 0 Å². The lowest BCUT2D eigenvalue weighted by molar-refractivity contribution is -0.118. The molecule has 2 aliphatic rings. The number of nitriles is 1. The third-order valence-corrected chi connectivity index (χ3v) is 8.60. The van der Waals surface area contributed by atoms with Gasteiger partial charge in [-0.05, 0) is 64.6 Å². The molecule has 0 aliphatic heterocycles. The summed E-state index contributed by atoms with van der Waals surface area (Å²) >= 11 is 0. The molecule has 0 heterocycles. The third-order valence-electron chi connectivity index (χ3n) is 8.60. The summed E-state index contributed by atoms with van der Waals surface area (Å²) in [6.07, 6.45) is 9.68. The normalized spacial score (nSPS) is 16.6. The third kappa shape index (κ3) is 7.18. The van der Waals surface area contributed by atoms with E-state index in [-0.39, 0.29) is 17.2 Å². The molecule has 3 aromatic carbocycles. The van der Waals surface area contributed by atoms with Crippen LogP contribution in [0.2, 0.25) is 0 Å². The van der Waals surface area contributed by atoms with Crippen LogP contribution in [-0.2, 0) is 30.8 Å². The van der Waals surface area contributed by atoms with Gasteiger partial charge in [-0.15, -0.1) is 0 Å². The Bertz CT molecular complexity index is 1550. The number of carbonyl (C=O) groups excluding carboxylic acids is 1. The monoisotopic (exact) mass is 575 g/mol.